The third kappa shape index (κ3) is 4.69. The molecule has 2 aliphatic rings. The second-order valence-corrected chi connectivity index (χ2v) is 8.42. The minimum Gasteiger partial charge on any atom is -0.496 e. The largest absolute Gasteiger partial charge is 0.496 e. The molecule has 31 heavy (non-hydrogen) atoms. The fraction of sp³-hybridized carbons (Fsp3) is 0.304. The van der Waals surface area contributed by atoms with Gasteiger partial charge in [-0.2, -0.15) is 0 Å². The van der Waals surface area contributed by atoms with E-state index < -0.39 is 0 Å². The molecule has 162 valence electrons. The minimum absolute atomic E-state index is 0.151. The number of anilines is 2. The summed E-state index contributed by atoms with van der Waals surface area (Å²) in [5, 5.41) is 2.87. The van der Waals surface area contributed by atoms with Crippen LogP contribution in [0, 0.1) is 5.82 Å². The van der Waals surface area contributed by atoms with Crippen LogP contribution >= 0.6 is 11.8 Å². The van der Waals surface area contributed by atoms with E-state index in [-0.39, 0.29) is 17.6 Å². The summed E-state index contributed by atoms with van der Waals surface area (Å²) >= 11 is 1.45. The van der Waals surface area contributed by atoms with Crippen molar-refractivity contribution in [1.29, 1.82) is 0 Å². The molecule has 0 unspecified atom stereocenters. The smallest absolute Gasteiger partial charge is 0.265 e. The number of thioether (sulfide) groups is 1. The van der Waals surface area contributed by atoms with Crippen LogP contribution in [0.15, 0.2) is 59.2 Å². The monoisotopic (exact) mass is 441 g/mol. The van der Waals surface area contributed by atoms with Crippen molar-refractivity contribution in [3.63, 3.8) is 0 Å². The van der Waals surface area contributed by atoms with E-state index in [2.05, 4.69) is 5.32 Å². The molecule has 2 aromatic rings. The molecule has 0 aromatic heterocycles. The lowest BCUT2D eigenvalue weighted by molar-refractivity contribution is -0.112. The van der Waals surface area contributed by atoms with E-state index >= 15 is 0 Å². The predicted molar refractivity (Wildman–Crippen MR) is 121 cm³/mol. The van der Waals surface area contributed by atoms with Crippen LogP contribution in [0.3, 0.4) is 0 Å². The van der Waals surface area contributed by atoms with Gasteiger partial charge in [-0.25, -0.2) is 4.39 Å². The molecule has 0 atom stereocenters. The van der Waals surface area contributed by atoms with Gasteiger partial charge in [-0.15, -0.1) is 11.8 Å². The van der Waals surface area contributed by atoms with E-state index in [1.807, 2.05) is 11.0 Å². The van der Waals surface area contributed by atoms with Gasteiger partial charge in [0.15, 0.2) is 0 Å². The lowest BCUT2D eigenvalue weighted by Crippen LogP contribution is -2.49. The van der Waals surface area contributed by atoms with E-state index in [4.69, 9.17) is 4.74 Å². The molecule has 2 aromatic carbocycles. The Hall–Kier alpha value is -3.00. The number of halogens is 1. The lowest BCUT2D eigenvalue weighted by Gasteiger charge is -2.36. The van der Waals surface area contributed by atoms with Crippen molar-refractivity contribution >= 4 is 35.0 Å². The average Bonchev–Trinajstić information content (AvgIpc) is 2.80. The quantitative estimate of drug-likeness (QED) is 0.784. The summed E-state index contributed by atoms with van der Waals surface area (Å²) in [5.41, 5.74) is 1.47. The Kier molecular flexibility index (Phi) is 6.46. The number of rotatable bonds is 4. The first-order valence-corrected chi connectivity index (χ1v) is 11.2. The van der Waals surface area contributed by atoms with E-state index in [9.17, 15) is 14.0 Å². The molecule has 1 saturated heterocycles. The summed E-state index contributed by atoms with van der Waals surface area (Å²) in [7, 11) is 0. The molecule has 4 rings (SSSR count). The average molecular weight is 442 g/mol. The molecule has 0 bridgehead atoms. The summed E-state index contributed by atoms with van der Waals surface area (Å²) in [6.07, 6.45) is 0. The Labute approximate surface area is 185 Å². The molecule has 2 aliphatic heterocycles. The second-order valence-electron chi connectivity index (χ2n) is 7.31. The van der Waals surface area contributed by atoms with Crippen molar-refractivity contribution in [3.05, 3.63) is 70.6 Å². The number of nitrogens with one attached hydrogen (secondary N) is 1. The highest BCUT2D eigenvalue weighted by atomic mass is 32.2. The zero-order valence-corrected chi connectivity index (χ0v) is 18.1. The van der Waals surface area contributed by atoms with Crippen LogP contribution in [-0.4, -0.2) is 55.3 Å². The Morgan fingerprint density at radius 1 is 1.03 bits per heavy atom. The van der Waals surface area contributed by atoms with Crippen molar-refractivity contribution in [3.8, 4) is 0 Å². The van der Waals surface area contributed by atoms with E-state index in [1.165, 1.54) is 17.8 Å². The van der Waals surface area contributed by atoms with Gasteiger partial charge in [-0.1, -0.05) is 24.3 Å². The predicted octanol–water partition coefficient (Wildman–Crippen LogP) is 3.72. The zero-order chi connectivity index (χ0) is 21.8. The number of para-hydroxylation sites is 2. The fourth-order valence-corrected chi connectivity index (χ4v) is 4.53. The van der Waals surface area contributed by atoms with Crippen LogP contribution in [0.5, 0.6) is 0 Å². The highest BCUT2D eigenvalue weighted by Gasteiger charge is 2.26. The normalized spacial score (nSPS) is 16.7. The standard InChI is InChI=1S/C23H24FN3O3S/c1-16-21(31-15-14-30-16)22(28)25-19-8-4-2-6-17(19)23(29)27-12-10-26(11-13-27)20-9-5-3-7-18(20)24/h2-9H,10-15H2,1H3,(H,25,28). The molecular formula is C23H24FN3O3S. The third-order valence-electron chi connectivity index (χ3n) is 5.34. The van der Waals surface area contributed by atoms with E-state index in [1.54, 1.807) is 48.2 Å². The minimum atomic E-state index is -0.271. The zero-order valence-electron chi connectivity index (χ0n) is 17.3. The first-order valence-electron chi connectivity index (χ1n) is 10.2. The molecule has 6 nitrogen and oxygen atoms in total. The van der Waals surface area contributed by atoms with Gasteiger partial charge in [0, 0.05) is 31.9 Å². The van der Waals surface area contributed by atoms with Gasteiger partial charge in [0.2, 0.25) is 0 Å². The van der Waals surface area contributed by atoms with Crippen molar-refractivity contribution in [2.75, 3.05) is 48.8 Å². The maximum atomic E-state index is 14.1. The van der Waals surface area contributed by atoms with Crippen LogP contribution in [0.25, 0.3) is 0 Å². The van der Waals surface area contributed by atoms with E-state index in [0.717, 1.165) is 0 Å². The third-order valence-corrected chi connectivity index (χ3v) is 6.47. The number of hydrogen-bond donors (Lipinski definition) is 1. The van der Waals surface area contributed by atoms with Crippen LogP contribution in [0.1, 0.15) is 17.3 Å². The van der Waals surface area contributed by atoms with Gasteiger partial charge < -0.3 is 19.9 Å². The SMILES string of the molecule is CC1=C(C(=O)Nc2ccccc2C(=O)N2CCN(c3ccccc3F)CC2)SCCO1. The van der Waals surface area contributed by atoms with Crippen LogP contribution < -0.4 is 10.2 Å². The van der Waals surface area contributed by atoms with Crippen molar-refractivity contribution in [2.24, 2.45) is 0 Å². The molecule has 8 heteroatoms. The molecule has 0 saturated carbocycles. The number of piperazine rings is 1. The Balaban J connectivity index is 1.45. The van der Waals surface area contributed by atoms with Gasteiger partial charge in [-0.05, 0) is 31.2 Å². The highest BCUT2D eigenvalue weighted by molar-refractivity contribution is 8.04. The number of carbonyl (C=O) groups is 2. The van der Waals surface area contributed by atoms with Gasteiger partial charge in [0.1, 0.15) is 16.5 Å². The van der Waals surface area contributed by atoms with Gasteiger partial charge >= 0.3 is 0 Å². The summed E-state index contributed by atoms with van der Waals surface area (Å²) < 4.78 is 19.5. The number of hydrogen-bond acceptors (Lipinski definition) is 5. The van der Waals surface area contributed by atoms with E-state index in [0.29, 0.717) is 66.1 Å². The van der Waals surface area contributed by atoms with Gasteiger partial charge in [-0.3, -0.25) is 9.59 Å². The topological polar surface area (TPSA) is 61.9 Å². The van der Waals surface area contributed by atoms with Crippen LogP contribution in [-0.2, 0) is 9.53 Å². The van der Waals surface area contributed by atoms with Crippen LogP contribution in [0.2, 0.25) is 0 Å². The molecule has 2 amide bonds. The second kappa shape index (κ2) is 9.43. The summed E-state index contributed by atoms with van der Waals surface area (Å²) in [4.78, 5) is 30.1. The maximum absolute atomic E-state index is 14.1. The van der Waals surface area contributed by atoms with Gasteiger partial charge in [0.05, 0.1) is 23.5 Å². The lowest BCUT2D eigenvalue weighted by atomic mass is 10.1. The van der Waals surface area contributed by atoms with Crippen molar-refractivity contribution in [1.82, 2.24) is 4.90 Å². The number of benzene rings is 2. The number of carbonyl (C=O) groups excluding carboxylic acids is 2. The van der Waals surface area contributed by atoms with Crippen molar-refractivity contribution in [2.45, 2.75) is 6.92 Å². The Morgan fingerprint density at radius 3 is 2.48 bits per heavy atom. The molecule has 1 fully saturated rings. The molecule has 2 heterocycles. The fourth-order valence-electron chi connectivity index (χ4n) is 3.72. The maximum Gasteiger partial charge on any atom is 0.265 e. The Morgan fingerprint density at radius 2 is 1.74 bits per heavy atom. The van der Waals surface area contributed by atoms with Crippen molar-refractivity contribution < 1.29 is 18.7 Å². The van der Waals surface area contributed by atoms with Crippen LogP contribution in [0.4, 0.5) is 15.8 Å². The molecular weight excluding hydrogens is 417 g/mol. The molecule has 0 aliphatic carbocycles. The number of amides is 2. The Bertz CT molecular complexity index is 1020. The molecule has 1 N–H and O–H groups in total. The molecule has 0 spiro atoms. The molecule has 0 radical (unpaired) electrons. The summed E-state index contributed by atoms with van der Waals surface area (Å²) in [5.74, 6) is 0.632. The number of allylic oxidation sites excluding steroid dienone is 1. The highest BCUT2D eigenvalue weighted by Crippen LogP contribution is 2.28. The van der Waals surface area contributed by atoms with Gasteiger partial charge in [0.25, 0.3) is 11.8 Å². The summed E-state index contributed by atoms with van der Waals surface area (Å²) in [6.45, 7) is 4.39. The first kappa shape index (κ1) is 21.2. The first-order chi connectivity index (χ1) is 15.0. The summed E-state index contributed by atoms with van der Waals surface area (Å²) in [6, 6.07) is 13.7. The number of nitrogens with zero attached hydrogens (tertiary/aromatic N) is 2. The number of ether oxygens (including phenoxy) is 1.